The van der Waals surface area contributed by atoms with E-state index in [0.717, 1.165) is 5.52 Å². The summed E-state index contributed by atoms with van der Waals surface area (Å²) in [4.78, 5) is 37.8. The Morgan fingerprint density at radius 2 is 1.52 bits per heavy atom. The smallest absolute Gasteiger partial charge is 0.360 e. The number of benzene rings is 2. The Balaban J connectivity index is 0.000000179. The van der Waals surface area contributed by atoms with Crippen LogP contribution in [0.2, 0.25) is 0 Å². The monoisotopic (exact) mass is 445 g/mol. The number of aromatic amines is 1. The first-order valence-corrected chi connectivity index (χ1v) is 10.5. The topological polar surface area (TPSA) is 155 Å². The molecule has 1 aromatic heterocycles. The third-order valence-electron chi connectivity index (χ3n) is 4.77. The normalized spacial score (nSPS) is 15.5. The van der Waals surface area contributed by atoms with E-state index >= 15 is 0 Å². The lowest BCUT2D eigenvalue weighted by Crippen LogP contribution is -2.64. The minimum absolute atomic E-state index is 0.0862. The van der Waals surface area contributed by atoms with Gasteiger partial charge in [-0.15, -0.1) is 0 Å². The average Bonchev–Trinajstić information content (AvgIpc) is 3.11. The van der Waals surface area contributed by atoms with Crippen molar-refractivity contribution in [2.45, 2.75) is 18.8 Å². The van der Waals surface area contributed by atoms with Crippen LogP contribution in [0.3, 0.4) is 0 Å². The minimum atomic E-state index is -4.46. The number of carbonyl (C=O) groups is 3. The number of hydrogen-bond acceptors (Lipinski definition) is 6. The largest absolute Gasteiger partial charge is 0.446 e. The van der Waals surface area contributed by atoms with Gasteiger partial charge in [-0.2, -0.15) is 8.42 Å². The van der Waals surface area contributed by atoms with Crippen LogP contribution in [0.5, 0.6) is 5.75 Å². The summed E-state index contributed by atoms with van der Waals surface area (Å²) in [6.07, 6.45) is 1.67. The zero-order chi connectivity index (χ0) is 22.6. The Labute approximate surface area is 177 Å². The number of H-pyrrole nitrogens is 1. The lowest BCUT2D eigenvalue weighted by molar-refractivity contribution is -0.138. The second-order valence-electron chi connectivity index (χ2n) is 6.57. The molecule has 4 amide bonds. The number of nitrogens with one attached hydrogen (secondary N) is 3. The van der Waals surface area contributed by atoms with Gasteiger partial charge in [-0.25, -0.2) is 4.79 Å². The van der Waals surface area contributed by atoms with Crippen LogP contribution in [0.4, 0.5) is 4.79 Å². The van der Waals surface area contributed by atoms with Crippen LogP contribution in [0.25, 0.3) is 10.9 Å². The van der Waals surface area contributed by atoms with Crippen LogP contribution in [-0.2, 0) is 25.4 Å². The highest BCUT2D eigenvalue weighted by atomic mass is 32.3. The Bertz CT molecular complexity index is 1220. The molecule has 0 unspecified atom stereocenters. The van der Waals surface area contributed by atoms with Crippen molar-refractivity contribution < 1.29 is 31.5 Å². The number of hydrogen-bond donors (Lipinski definition) is 4. The Hall–Kier alpha value is -3.70. The van der Waals surface area contributed by atoms with Gasteiger partial charge >= 0.3 is 16.4 Å². The number of imide groups is 2. The van der Waals surface area contributed by atoms with Crippen molar-refractivity contribution in [3.05, 3.63) is 66.4 Å². The molecule has 0 spiro atoms. The number of aromatic nitrogens is 1. The summed E-state index contributed by atoms with van der Waals surface area (Å²) < 4.78 is 33.8. The van der Waals surface area contributed by atoms with E-state index in [9.17, 15) is 22.8 Å². The van der Waals surface area contributed by atoms with E-state index in [-0.39, 0.29) is 5.75 Å². The first-order chi connectivity index (χ1) is 14.7. The van der Waals surface area contributed by atoms with Gasteiger partial charge in [-0.1, -0.05) is 49.4 Å². The molecule has 4 N–H and O–H groups in total. The second-order valence-corrected chi connectivity index (χ2v) is 7.59. The minimum Gasteiger partial charge on any atom is -0.360 e. The van der Waals surface area contributed by atoms with Gasteiger partial charge in [0.25, 0.3) is 0 Å². The highest BCUT2D eigenvalue weighted by Gasteiger charge is 2.50. The molecular weight excluding hydrogens is 426 g/mol. The molecule has 2 heterocycles. The number of carbonyl (C=O) groups excluding carboxylic acids is 3. The first-order valence-electron chi connectivity index (χ1n) is 9.13. The number of barbiturate groups is 1. The SMILES string of the molecule is CCC1(c2ccccc2)C(=O)NC(=O)NC1=O.O=S(=O)(O)Oc1c[nH]c2ccccc12. The predicted molar refractivity (Wildman–Crippen MR) is 111 cm³/mol. The molecule has 162 valence electrons. The molecule has 0 saturated carbocycles. The summed E-state index contributed by atoms with van der Waals surface area (Å²) in [6, 6.07) is 15.0. The van der Waals surface area contributed by atoms with Gasteiger partial charge in [0.2, 0.25) is 11.8 Å². The van der Waals surface area contributed by atoms with Gasteiger partial charge in [0.1, 0.15) is 0 Å². The fourth-order valence-electron chi connectivity index (χ4n) is 3.29. The van der Waals surface area contributed by atoms with Crippen molar-refractivity contribution in [3.63, 3.8) is 0 Å². The molecular formula is C20H19N3O7S. The van der Waals surface area contributed by atoms with Crippen LogP contribution in [0, 0.1) is 0 Å². The fourth-order valence-corrected chi connectivity index (χ4v) is 3.66. The van der Waals surface area contributed by atoms with Gasteiger partial charge in [-0.05, 0) is 24.1 Å². The van der Waals surface area contributed by atoms with Crippen LogP contribution < -0.4 is 14.8 Å². The summed E-state index contributed by atoms with van der Waals surface area (Å²) in [5.41, 5.74) is 0.0194. The van der Waals surface area contributed by atoms with Crippen molar-refractivity contribution in [3.8, 4) is 5.75 Å². The van der Waals surface area contributed by atoms with Gasteiger partial charge in [-0.3, -0.25) is 24.8 Å². The number of urea groups is 1. The zero-order valence-electron chi connectivity index (χ0n) is 16.3. The van der Waals surface area contributed by atoms with Crippen LogP contribution in [0.1, 0.15) is 18.9 Å². The van der Waals surface area contributed by atoms with E-state index in [1.165, 1.54) is 6.20 Å². The molecule has 0 radical (unpaired) electrons. The summed E-state index contributed by atoms with van der Waals surface area (Å²) in [5.74, 6) is -1.05. The van der Waals surface area contributed by atoms with Gasteiger partial charge in [0, 0.05) is 17.1 Å². The van der Waals surface area contributed by atoms with Crippen molar-refractivity contribution in [2.75, 3.05) is 0 Å². The highest BCUT2D eigenvalue weighted by Crippen LogP contribution is 2.30. The highest BCUT2D eigenvalue weighted by molar-refractivity contribution is 7.81. The lowest BCUT2D eigenvalue weighted by Gasteiger charge is -2.33. The van der Waals surface area contributed by atoms with E-state index in [0.29, 0.717) is 17.4 Å². The lowest BCUT2D eigenvalue weighted by atomic mass is 9.75. The molecule has 1 aliphatic rings. The number of fused-ring (bicyclic) bond motifs is 1. The Morgan fingerprint density at radius 3 is 2.10 bits per heavy atom. The van der Waals surface area contributed by atoms with Crippen molar-refractivity contribution in [2.24, 2.45) is 0 Å². The molecule has 11 heteroatoms. The van der Waals surface area contributed by atoms with Crippen molar-refractivity contribution >= 4 is 39.1 Å². The predicted octanol–water partition coefficient (Wildman–Crippen LogP) is 2.05. The molecule has 10 nitrogen and oxygen atoms in total. The van der Waals surface area contributed by atoms with E-state index in [2.05, 4.69) is 19.8 Å². The van der Waals surface area contributed by atoms with Crippen molar-refractivity contribution in [1.29, 1.82) is 0 Å². The van der Waals surface area contributed by atoms with Crippen LogP contribution in [0.15, 0.2) is 60.8 Å². The maximum Gasteiger partial charge on any atom is 0.446 e. The molecule has 1 fully saturated rings. The van der Waals surface area contributed by atoms with Gasteiger partial charge < -0.3 is 9.17 Å². The Kier molecular flexibility index (Phi) is 6.09. The van der Waals surface area contributed by atoms with Crippen molar-refractivity contribution in [1.82, 2.24) is 15.6 Å². The third kappa shape index (κ3) is 4.57. The van der Waals surface area contributed by atoms with Gasteiger partial charge in [0.05, 0.1) is 0 Å². The maximum absolute atomic E-state index is 12.0. The second kappa shape index (κ2) is 8.58. The molecule has 0 bridgehead atoms. The fraction of sp³-hybridized carbons (Fsp3) is 0.150. The summed E-state index contributed by atoms with van der Waals surface area (Å²) in [6.45, 7) is 1.74. The molecule has 31 heavy (non-hydrogen) atoms. The molecule has 2 aromatic carbocycles. The molecule has 0 aliphatic carbocycles. The molecule has 1 aliphatic heterocycles. The number of para-hydroxylation sites is 1. The van der Waals surface area contributed by atoms with Gasteiger partial charge in [0.15, 0.2) is 11.2 Å². The molecule has 4 rings (SSSR count). The molecule has 1 saturated heterocycles. The molecule has 0 atom stereocenters. The Morgan fingerprint density at radius 1 is 0.935 bits per heavy atom. The van der Waals surface area contributed by atoms with E-state index in [1.807, 2.05) is 0 Å². The summed E-state index contributed by atoms with van der Waals surface area (Å²) in [5, 5.41) is 4.88. The van der Waals surface area contributed by atoms with E-state index in [4.69, 9.17) is 4.55 Å². The standard InChI is InChI=1S/C12H12N2O3.C8H7NO4S/c1-2-12(8-6-4-3-5-7-8)9(15)13-11(17)14-10(12)16;10-14(11,12)13-8-5-9-7-4-2-1-3-6(7)8/h3-7H,2H2,1H3,(H2,13,14,15,16,17);1-5,9H,(H,10,11,12). The summed E-state index contributed by atoms with van der Waals surface area (Å²) in [7, 11) is -4.46. The first kappa shape index (κ1) is 22.0. The van der Waals surface area contributed by atoms with E-state index < -0.39 is 33.7 Å². The van der Waals surface area contributed by atoms with Crippen LogP contribution in [-0.4, -0.2) is 35.8 Å². The molecule has 3 aromatic rings. The quantitative estimate of drug-likeness (QED) is 0.354. The third-order valence-corrected chi connectivity index (χ3v) is 5.16. The summed E-state index contributed by atoms with van der Waals surface area (Å²) >= 11 is 0. The van der Waals surface area contributed by atoms with E-state index in [1.54, 1.807) is 61.5 Å². The average molecular weight is 445 g/mol. The van der Waals surface area contributed by atoms with Crippen LogP contribution >= 0.6 is 0 Å². The zero-order valence-corrected chi connectivity index (χ0v) is 17.1. The number of amides is 4. The maximum atomic E-state index is 12.0. The number of rotatable bonds is 4.